The minimum atomic E-state index is -0.845. The van der Waals surface area contributed by atoms with Crippen molar-refractivity contribution >= 4 is 23.0 Å². The number of nitrogens with one attached hydrogen (secondary N) is 2. The number of aromatic amines is 1. The summed E-state index contributed by atoms with van der Waals surface area (Å²) in [5.41, 5.74) is 1.13. The van der Waals surface area contributed by atoms with Gasteiger partial charge in [0.05, 0.1) is 16.4 Å². The summed E-state index contributed by atoms with van der Waals surface area (Å²) in [7, 11) is 0. The number of H-pyrrole nitrogens is 1. The van der Waals surface area contributed by atoms with Gasteiger partial charge in [0.2, 0.25) is 0 Å². The van der Waals surface area contributed by atoms with Gasteiger partial charge < -0.3 is 20.3 Å². The lowest BCUT2D eigenvalue weighted by atomic mass is 9.90. The van der Waals surface area contributed by atoms with E-state index >= 15 is 0 Å². The minimum Gasteiger partial charge on any atom is -0.481 e. The van der Waals surface area contributed by atoms with E-state index in [4.69, 9.17) is 0 Å². The Morgan fingerprint density at radius 2 is 2.21 bits per heavy atom. The number of carbonyl (C=O) groups excluding carboxylic acids is 1. The highest BCUT2D eigenvalue weighted by molar-refractivity contribution is 5.79. The van der Waals surface area contributed by atoms with Crippen molar-refractivity contribution in [1.82, 2.24) is 20.2 Å². The molecule has 0 saturated carbocycles. The SMILES string of the molecule is CC1(C(=O)O)CCN(C(=O)NCCCc2nc3ccccc3[nH]2)C1. The maximum Gasteiger partial charge on any atom is 0.317 e. The molecule has 2 amide bonds. The average Bonchev–Trinajstić information content (AvgIpc) is 3.15. The predicted molar refractivity (Wildman–Crippen MR) is 89.7 cm³/mol. The van der Waals surface area contributed by atoms with Crippen molar-refractivity contribution in [2.45, 2.75) is 26.2 Å². The lowest BCUT2D eigenvalue weighted by molar-refractivity contribution is -0.146. The van der Waals surface area contributed by atoms with Crippen molar-refractivity contribution in [3.05, 3.63) is 30.1 Å². The highest BCUT2D eigenvalue weighted by Crippen LogP contribution is 2.29. The Kier molecular flexibility index (Phi) is 4.42. The van der Waals surface area contributed by atoms with Crippen LogP contribution in [-0.2, 0) is 11.2 Å². The Morgan fingerprint density at radius 1 is 1.42 bits per heavy atom. The van der Waals surface area contributed by atoms with E-state index in [1.165, 1.54) is 0 Å². The lowest BCUT2D eigenvalue weighted by Gasteiger charge is -2.20. The number of aromatic nitrogens is 2. The van der Waals surface area contributed by atoms with Crippen LogP contribution in [0.25, 0.3) is 11.0 Å². The van der Waals surface area contributed by atoms with Crippen LogP contribution in [0.1, 0.15) is 25.6 Å². The number of hydrogen-bond donors (Lipinski definition) is 3. The van der Waals surface area contributed by atoms with E-state index in [1.807, 2.05) is 24.3 Å². The number of fused-ring (bicyclic) bond motifs is 1. The molecule has 1 aromatic heterocycles. The van der Waals surface area contributed by atoms with Crippen molar-refractivity contribution in [2.75, 3.05) is 19.6 Å². The first-order chi connectivity index (χ1) is 11.5. The van der Waals surface area contributed by atoms with Crippen molar-refractivity contribution in [3.8, 4) is 0 Å². The predicted octanol–water partition coefficient (Wildman–Crippen LogP) is 2.00. The number of aryl methyl sites for hydroxylation is 1. The van der Waals surface area contributed by atoms with Crippen LogP contribution in [0.3, 0.4) is 0 Å². The molecule has 0 radical (unpaired) electrons. The Labute approximate surface area is 140 Å². The number of para-hydroxylation sites is 2. The number of hydrogen-bond acceptors (Lipinski definition) is 3. The quantitative estimate of drug-likeness (QED) is 0.730. The van der Waals surface area contributed by atoms with Gasteiger partial charge >= 0.3 is 12.0 Å². The first-order valence-electron chi connectivity index (χ1n) is 8.18. The highest BCUT2D eigenvalue weighted by atomic mass is 16.4. The maximum absolute atomic E-state index is 12.1. The second kappa shape index (κ2) is 6.51. The topological polar surface area (TPSA) is 98.3 Å². The van der Waals surface area contributed by atoms with Crippen molar-refractivity contribution in [3.63, 3.8) is 0 Å². The molecule has 2 aromatic rings. The zero-order chi connectivity index (χ0) is 17.2. The smallest absolute Gasteiger partial charge is 0.317 e. The molecule has 1 fully saturated rings. The van der Waals surface area contributed by atoms with Gasteiger partial charge in [-0.2, -0.15) is 0 Å². The van der Waals surface area contributed by atoms with Gasteiger partial charge in [0.1, 0.15) is 5.82 Å². The monoisotopic (exact) mass is 330 g/mol. The Hall–Kier alpha value is -2.57. The summed E-state index contributed by atoms with van der Waals surface area (Å²) in [5.74, 6) is 0.0627. The second-order valence-corrected chi connectivity index (χ2v) is 6.57. The number of carboxylic acids is 1. The fourth-order valence-electron chi connectivity index (χ4n) is 3.00. The first-order valence-corrected chi connectivity index (χ1v) is 8.18. The van der Waals surface area contributed by atoms with E-state index in [-0.39, 0.29) is 12.6 Å². The van der Waals surface area contributed by atoms with Crippen molar-refractivity contribution < 1.29 is 14.7 Å². The third-order valence-electron chi connectivity index (χ3n) is 4.58. The van der Waals surface area contributed by atoms with Crippen LogP contribution in [-0.4, -0.2) is 51.6 Å². The van der Waals surface area contributed by atoms with Gasteiger partial charge in [0.25, 0.3) is 0 Å². The normalized spacial score (nSPS) is 20.5. The molecule has 1 unspecified atom stereocenters. The van der Waals surface area contributed by atoms with E-state index in [0.717, 1.165) is 29.7 Å². The van der Waals surface area contributed by atoms with Gasteiger partial charge in [0, 0.05) is 26.1 Å². The summed E-state index contributed by atoms with van der Waals surface area (Å²) in [5, 5.41) is 12.1. The summed E-state index contributed by atoms with van der Waals surface area (Å²) < 4.78 is 0. The van der Waals surface area contributed by atoms with E-state index in [1.54, 1.807) is 11.8 Å². The summed E-state index contributed by atoms with van der Waals surface area (Å²) in [6.45, 7) is 2.97. The number of aliphatic carboxylic acids is 1. The van der Waals surface area contributed by atoms with Crippen LogP contribution < -0.4 is 5.32 Å². The zero-order valence-corrected chi connectivity index (χ0v) is 13.7. The van der Waals surface area contributed by atoms with E-state index in [9.17, 15) is 14.7 Å². The van der Waals surface area contributed by atoms with Crippen LogP contribution >= 0.6 is 0 Å². The van der Waals surface area contributed by atoms with Crippen LogP contribution in [0.4, 0.5) is 4.79 Å². The molecule has 1 aromatic carbocycles. The summed E-state index contributed by atoms with van der Waals surface area (Å²) in [4.78, 5) is 32.7. The number of carboxylic acid groups (broad SMARTS) is 1. The largest absolute Gasteiger partial charge is 0.481 e. The lowest BCUT2D eigenvalue weighted by Crippen LogP contribution is -2.41. The molecule has 3 rings (SSSR count). The fourth-order valence-corrected chi connectivity index (χ4v) is 3.00. The summed E-state index contributed by atoms with van der Waals surface area (Å²) in [6.07, 6.45) is 2.02. The van der Waals surface area contributed by atoms with Crippen LogP contribution in [0.5, 0.6) is 0 Å². The average molecular weight is 330 g/mol. The summed E-state index contributed by atoms with van der Waals surface area (Å²) >= 11 is 0. The molecule has 1 aliphatic rings. The molecule has 0 aliphatic carbocycles. The number of benzene rings is 1. The molecule has 128 valence electrons. The highest BCUT2D eigenvalue weighted by Gasteiger charge is 2.42. The molecule has 24 heavy (non-hydrogen) atoms. The molecule has 7 heteroatoms. The second-order valence-electron chi connectivity index (χ2n) is 6.57. The van der Waals surface area contributed by atoms with Crippen LogP contribution in [0.2, 0.25) is 0 Å². The number of carbonyl (C=O) groups is 2. The molecule has 0 bridgehead atoms. The van der Waals surface area contributed by atoms with Gasteiger partial charge in [-0.1, -0.05) is 12.1 Å². The molecular formula is C17H22N4O3. The number of amides is 2. The number of urea groups is 1. The molecule has 2 heterocycles. The molecule has 0 spiro atoms. The van der Waals surface area contributed by atoms with E-state index < -0.39 is 11.4 Å². The third kappa shape index (κ3) is 3.34. The summed E-state index contributed by atoms with van der Waals surface area (Å²) in [6, 6.07) is 7.67. The molecule has 1 saturated heterocycles. The van der Waals surface area contributed by atoms with Gasteiger partial charge in [0.15, 0.2) is 0 Å². The van der Waals surface area contributed by atoms with Crippen molar-refractivity contribution in [1.29, 1.82) is 0 Å². The molecule has 1 aliphatic heterocycles. The molecule has 1 atom stereocenters. The number of likely N-dealkylation sites (tertiary alicyclic amines) is 1. The molecular weight excluding hydrogens is 308 g/mol. The number of imidazole rings is 1. The van der Waals surface area contributed by atoms with E-state index in [0.29, 0.717) is 19.5 Å². The third-order valence-corrected chi connectivity index (χ3v) is 4.58. The van der Waals surface area contributed by atoms with Gasteiger partial charge in [-0.05, 0) is 31.9 Å². The minimum absolute atomic E-state index is 0.190. The maximum atomic E-state index is 12.1. The number of rotatable bonds is 5. The van der Waals surface area contributed by atoms with Crippen molar-refractivity contribution in [2.24, 2.45) is 5.41 Å². The van der Waals surface area contributed by atoms with Crippen LogP contribution in [0, 0.1) is 5.41 Å². The zero-order valence-electron chi connectivity index (χ0n) is 13.7. The van der Waals surface area contributed by atoms with Gasteiger partial charge in [-0.25, -0.2) is 9.78 Å². The molecule has 7 nitrogen and oxygen atoms in total. The first kappa shape index (κ1) is 16.3. The Balaban J connectivity index is 1.43. The van der Waals surface area contributed by atoms with E-state index in [2.05, 4.69) is 15.3 Å². The Bertz CT molecular complexity index is 724. The Morgan fingerprint density at radius 3 is 2.92 bits per heavy atom. The number of nitrogens with zero attached hydrogens (tertiary/aromatic N) is 2. The van der Waals surface area contributed by atoms with Gasteiger partial charge in [-0.3, -0.25) is 4.79 Å². The fraction of sp³-hybridized carbons (Fsp3) is 0.471. The standard InChI is InChI=1S/C17H22N4O3/c1-17(15(22)23)8-10-21(11-17)16(24)18-9-4-7-14-19-12-5-2-3-6-13(12)20-14/h2-3,5-6H,4,7-11H2,1H3,(H,18,24)(H,19,20)(H,22,23). The van der Waals surface area contributed by atoms with Gasteiger partial charge in [-0.15, -0.1) is 0 Å². The van der Waals surface area contributed by atoms with Crippen LogP contribution in [0.15, 0.2) is 24.3 Å². The molecule has 3 N–H and O–H groups in total.